The van der Waals surface area contributed by atoms with Gasteiger partial charge in [-0.3, -0.25) is 9.78 Å². The third kappa shape index (κ3) is 3.53. The first kappa shape index (κ1) is 14.0. The number of hydrogen-bond donors (Lipinski definition) is 2. The van der Waals surface area contributed by atoms with Gasteiger partial charge in [0.25, 0.3) is 5.56 Å². The van der Waals surface area contributed by atoms with Crippen molar-refractivity contribution < 1.29 is 9.53 Å². The van der Waals surface area contributed by atoms with E-state index in [0.717, 1.165) is 0 Å². The Labute approximate surface area is 115 Å². The Morgan fingerprint density at radius 2 is 2.20 bits per heavy atom. The quantitative estimate of drug-likeness (QED) is 0.862. The first-order valence-electron chi connectivity index (χ1n) is 6.15. The Hall–Kier alpha value is -2.44. The van der Waals surface area contributed by atoms with E-state index in [1.54, 1.807) is 26.8 Å². The van der Waals surface area contributed by atoms with E-state index in [9.17, 15) is 9.59 Å². The maximum Gasteiger partial charge on any atom is 0.408 e. The van der Waals surface area contributed by atoms with Crippen LogP contribution in [0.3, 0.4) is 0 Å². The molecule has 0 saturated heterocycles. The van der Waals surface area contributed by atoms with Crippen molar-refractivity contribution in [2.24, 2.45) is 0 Å². The van der Waals surface area contributed by atoms with Crippen molar-refractivity contribution in [1.29, 1.82) is 0 Å². The second-order valence-electron chi connectivity index (χ2n) is 5.26. The minimum atomic E-state index is -0.571. The minimum Gasteiger partial charge on any atom is -0.444 e. The number of carbonyl (C=O) groups excluding carboxylic acids is 1. The summed E-state index contributed by atoms with van der Waals surface area (Å²) in [5.41, 5.74) is -0.353. The predicted octanol–water partition coefficient (Wildman–Crippen LogP) is 1.34. The highest BCUT2D eigenvalue weighted by Crippen LogP contribution is 2.07. The molecule has 2 heterocycles. The molecular formula is C13H16N4O3. The van der Waals surface area contributed by atoms with Crippen LogP contribution in [0.25, 0.3) is 10.9 Å². The Morgan fingerprint density at radius 1 is 1.45 bits per heavy atom. The summed E-state index contributed by atoms with van der Waals surface area (Å²) < 4.78 is 5.09. The van der Waals surface area contributed by atoms with Gasteiger partial charge in [-0.1, -0.05) is 0 Å². The molecule has 2 N–H and O–H groups in total. The monoisotopic (exact) mass is 276 g/mol. The molecular weight excluding hydrogens is 260 g/mol. The molecule has 7 heteroatoms. The third-order valence-electron chi connectivity index (χ3n) is 2.36. The first-order valence-corrected chi connectivity index (χ1v) is 6.15. The van der Waals surface area contributed by atoms with Gasteiger partial charge in [-0.25, -0.2) is 9.78 Å². The number of alkyl carbamates (subject to hydrolysis) is 1. The van der Waals surface area contributed by atoms with Gasteiger partial charge in [0.15, 0.2) is 0 Å². The van der Waals surface area contributed by atoms with Gasteiger partial charge in [-0.2, -0.15) is 0 Å². The SMILES string of the molecule is CC(C)(C)OC(=O)NCc1nc2cnccc2c(=O)[nH]1. The molecule has 0 fully saturated rings. The predicted molar refractivity (Wildman–Crippen MR) is 73.2 cm³/mol. The van der Waals surface area contributed by atoms with Crippen LogP contribution in [-0.4, -0.2) is 26.6 Å². The number of nitrogens with zero attached hydrogens (tertiary/aromatic N) is 2. The normalized spacial score (nSPS) is 11.3. The molecule has 2 rings (SSSR count). The molecule has 0 atom stereocenters. The average Bonchev–Trinajstić information content (AvgIpc) is 2.34. The lowest BCUT2D eigenvalue weighted by Crippen LogP contribution is -2.33. The topological polar surface area (TPSA) is 97.0 Å². The maximum absolute atomic E-state index is 11.8. The fourth-order valence-corrected chi connectivity index (χ4v) is 1.59. The van der Waals surface area contributed by atoms with Crippen LogP contribution in [0.2, 0.25) is 0 Å². The molecule has 0 spiro atoms. The number of H-pyrrole nitrogens is 1. The van der Waals surface area contributed by atoms with E-state index >= 15 is 0 Å². The molecule has 0 aliphatic carbocycles. The highest BCUT2D eigenvalue weighted by atomic mass is 16.6. The number of ether oxygens (including phenoxy) is 1. The van der Waals surface area contributed by atoms with E-state index in [1.165, 1.54) is 12.4 Å². The fourth-order valence-electron chi connectivity index (χ4n) is 1.59. The second kappa shape index (κ2) is 5.28. The van der Waals surface area contributed by atoms with Gasteiger partial charge < -0.3 is 15.0 Å². The van der Waals surface area contributed by atoms with Gasteiger partial charge in [-0.05, 0) is 26.8 Å². The molecule has 0 aromatic carbocycles. The minimum absolute atomic E-state index is 0.0784. The standard InChI is InChI=1S/C13H16N4O3/c1-13(2,3)20-12(19)15-7-10-16-9-6-14-5-4-8(9)11(18)17-10/h4-6H,7H2,1-3H3,(H,15,19)(H,16,17,18). The summed E-state index contributed by atoms with van der Waals surface area (Å²) >= 11 is 0. The zero-order chi connectivity index (χ0) is 14.8. The third-order valence-corrected chi connectivity index (χ3v) is 2.36. The largest absolute Gasteiger partial charge is 0.444 e. The molecule has 0 aliphatic heterocycles. The molecule has 1 amide bonds. The Morgan fingerprint density at radius 3 is 2.90 bits per heavy atom. The van der Waals surface area contributed by atoms with E-state index in [1.807, 2.05) is 0 Å². The van der Waals surface area contributed by atoms with Crippen molar-refractivity contribution in [3.8, 4) is 0 Å². The number of aromatic amines is 1. The smallest absolute Gasteiger partial charge is 0.408 e. The number of pyridine rings is 1. The lowest BCUT2D eigenvalue weighted by Gasteiger charge is -2.19. The molecule has 0 radical (unpaired) electrons. The van der Waals surface area contributed by atoms with Crippen molar-refractivity contribution in [2.75, 3.05) is 0 Å². The highest BCUT2D eigenvalue weighted by Gasteiger charge is 2.16. The molecule has 20 heavy (non-hydrogen) atoms. The van der Waals surface area contributed by atoms with E-state index < -0.39 is 11.7 Å². The van der Waals surface area contributed by atoms with Crippen LogP contribution in [0.1, 0.15) is 26.6 Å². The van der Waals surface area contributed by atoms with Crippen molar-refractivity contribution in [2.45, 2.75) is 32.9 Å². The Bertz CT molecular complexity index is 688. The summed E-state index contributed by atoms with van der Waals surface area (Å²) in [5, 5.41) is 2.99. The number of hydrogen-bond acceptors (Lipinski definition) is 5. The zero-order valence-electron chi connectivity index (χ0n) is 11.6. The molecule has 0 unspecified atom stereocenters. The maximum atomic E-state index is 11.8. The van der Waals surface area contributed by atoms with E-state index in [2.05, 4.69) is 20.3 Å². The molecule has 7 nitrogen and oxygen atoms in total. The van der Waals surface area contributed by atoms with Crippen LogP contribution in [0.5, 0.6) is 0 Å². The van der Waals surface area contributed by atoms with Gasteiger partial charge in [0.1, 0.15) is 11.4 Å². The number of amides is 1. The lowest BCUT2D eigenvalue weighted by molar-refractivity contribution is 0.0522. The number of rotatable bonds is 2. The van der Waals surface area contributed by atoms with Crippen LogP contribution in [0, 0.1) is 0 Å². The molecule has 0 bridgehead atoms. The second-order valence-corrected chi connectivity index (χ2v) is 5.26. The van der Waals surface area contributed by atoms with Crippen LogP contribution >= 0.6 is 0 Å². The van der Waals surface area contributed by atoms with Crippen molar-refractivity contribution in [1.82, 2.24) is 20.3 Å². The molecule has 0 aliphatic rings. The number of nitrogens with one attached hydrogen (secondary N) is 2. The van der Waals surface area contributed by atoms with Crippen LogP contribution < -0.4 is 10.9 Å². The van der Waals surface area contributed by atoms with Gasteiger partial charge >= 0.3 is 6.09 Å². The van der Waals surface area contributed by atoms with Crippen molar-refractivity contribution in [3.63, 3.8) is 0 Å². The number of aromatic nitrogens is 3. The summed E-state index contributed by atoms with van der Waals surface area (Å²) in [5.74, 6) is 0.348. The lowest BCUT2D eigenvalue weighted by atomic mass is 10.2. The molecule has 0 saturated carbocycles. The van der Waals surface area contributed by atoms with Gasteiger partial charge in [0.05, 0.1) is 23.6 Å². The summed E-state index contributed by atoms with van der Waals surface area (Å²) in [6.45, 7) is 5.40. The summed E-state index contributed by atoms with van der Waals surface area (Å²) in [7, 11) is 0. The van der Waals surface area contributed by atoms with Gasteiger partial charge in [-0.15, -0.1) is 0 Å². The zero-order valence-corrected chi connectivity index (χ0v) is 11.6. The summed E-state index contributed by atoms with van der Waals surface area (Å²) in [4.78, 5) is 34.1. The van der Waals surface area contributed by atoms with Crippen LogP contribution in [-0.2, 0) is 11.3 Å². The molecule has 2 aromatic heterocycles. The summed E-state index contributed by atoms with van der Waals surface area (Å²) in [6.07, 6.45) is 2.46. The number of carbonyl (C=O) groups is 1. The van der Waals surface area contributed by atoms with Crippen LogP contribution in [0.4, 0.5) is 4.79 Å². The van der Waals surface area contributed by atoms with E-state index in [4.69, 9.17) is 4.74 Å². The first-order chi connectivity index (χ1) is 9.35. The van der Waals surface area contributed by atoms with Gasteiger partial charge in [0, 0.05) is 6.20 Å². The molecule has 2 aromatic rings. The molecule has 106 valence electrons. The average molecular weight is 276 g/mol. The summed E-state index contributed by atoms with van der Waals surface area (Å²) in [6, 6.07) is 1.59. The van der Waals surface area contributed by atoms with Crippen molar-refractivity contribution in [3.05, 3.63) is 34.6 Å². The van der Waals surface area contributed by atoms with E-state index in [0.29, 0.717) is 16.7 Å². The van der Waals surface area contributed by atoms with Crippen molar-refractivity contribution >= 4 is 17.0 Å². The van der Waals surface area contributed by atoms with Crippen LogP contribution in [0.15, 0.2) is 23.3 Å². The van der Waals surface area contributed by atoms with E-state index in [-0.39, 0.29) is 12.1 Å². The Kier molecular flexibility index (Phi) is 3.69. The van der Waals surface area contributed by atoms with Gasteiger partial charge in [0.2, 0.25) is 0 Å². The Balaban J connectivity index is 2.11. The number of fused-ring (bicyclic) bond motifs is 1. The highest BCUT2D eigenvalue weighted by molar-refractivity contribution is 5.76. The fraction of sp³-hybridized carbons (Fsp3) is 0.385.